The molecule has 4 rings (SSSR count). The highest BCUT2D eigenvalue weighted by Crippen LogP contribution is 2.28. The van der Waals surface area contributed by atoms with E-state index < -0.39 is 16.1 Å². The van der Waals surface area contributed by atoms with E-state index in [4.69, 9.17) is 5.73 Å². The van der Waals surface area contributed by atoms with Crippen molar-refractivity contribution in [3.8, 4) is 0 Å². The van der Waals surface area contributed by atoms with E-state index in [1.807, 2.05) is 24.3 Å². The molecule has 8 nitrogen and oxygen atoms in total. The fraction of sp³-hybridized carbons (Fsp3) is 0.389. The average Bonchev–Trinajstić information content (AvgIpc) is 2.65. The molecule has 1 aromatic heterocycles. The number of sulfonamides is 1. The van der Waals surface area contributed by atoms with E-state index in [2.05, 4.69) is 9.97 Å². The van der Waals surface area contributed by atoms with Crippen molar-refractivity contribution in [2.45, 2.75) is 32.0 Å². The molecule has 2 N–H and O–H groups in total. The van der Waals surface area contributed by atoms with Gasteiger partial charge in [0.15, 0.2) is 0 Å². The molecule has 2 aliphatic heterocycles. The van der Waals surface area contributed by atoms with Crippen LogP contribution in [-0.4, -0.2) is 52.3 Å². The molecular formula is C18H21N5O3S. The Morgan fingerprint density at radius 3 is 2.67 bits per heavy atom. The Labute approximate surface area is 158 Å². The summed E-state index contributed by atoms with van der Waals surface area (Å²) in [5.74, 6) is -0.0230. The van der Waals surface area contributed by atoms with Crippen LogP contribution in [0.15, 0.2) is 30.5 Å². The zero-order valence-electron chi connectivity index (χ0n) is 15.0. The first-order valence-electron chi connectivity index (χ1n) is 8.75. The van der Waals surface area contributed by atoms with Crippen LogP contribution in [0.2, 0.25) is 0 Å². The van der Waals surface area contributed by atoms with Gasteiger partial charge in [-0.3, -0.25) is 4.79 Å². The Morgan fingerprint density at radius 1 is 1.19 bits per heavy atom. The van der Waals surface area contributed by atoms with Crippen LogP contribution in [0.5, 0.6) is 0 Å². The molecule has 0 bridgehead atoms. The van der Waals surface area contributed by atoms with E-state index in [0.29, 0.717) is 25.9 Å². The number of rotatable bonds is 2. The van der Waals surface area contributed by atoms with E-state index in [1.54, 1.807) is 11.1 Å². The first-order valence-corrected chi connectivity index (χ1v) is 10.6. The predicted octanol–water partition coefficient (Wildman–Crippen LogP) is 0.330. The maximum Gasteiger partial charge on any atom is 0.241 e. The standard InChI is InChI=1S/C18H21N5O3S/c1-27(25,26)23-10-14-5-3-2-4-12(14)8-16(23)17(24)22-7-6-13-9-20-18(19)21-15(13)11-22/h2-5,9,16H,6-8,10-11H2,1H3,(H2,19,20,21). The summed E-state index contributed by atoms with van der Waals surface area (Å²) in [6.45, 7) is 1.04. The van der Waals surface area contributed by atoms with Gasteiger partial charge in [0.1, 0.15) is 6.04 Å². The molecule has 0 aliphatic carbocycles. The van der Waals surface area contributed by atoms with Crippen molar-refractivity contribution in [2.75, 3.05) is 18.5 Å². The predicted molar refractivity (Wildman–Crippen MR) is 99.9 cm³/mol. The molecule has 0 fully saturated rings. The topological polar surface area (TPSA) is 109 Å². The molecule has 1 unspecified atom stereocenters. The van der Waals surface area contributed by atoms with Gasteiger partial charge in [0.05, 0.1) is 18.5 Å². The summed E-state index contributed by atoms with van der Waals surface area (Å²) >= 11 is 0. The summed E-state index contributed by atoms with van der Waals surface area (Å²) in [6, 6.07) is 6.91. The average molecular weight is 387 g/mol. The third kappa shape index (κ3) is 3.40. The van der Waals surface area contributed by atoms with Crippen molar-refractivity contribution >= 4 is 21.9 Å². The van der Waals surface area contributed by atoms with Crippen LogP contribution in [0.25, 0.3) is 0 Å². The molecule has 3 heterocycles. The second-order valence-corrected chi connectivity index (χ2v) is 8.94. The third-order valence-corrected chi connectivity index (χ3v) is 6.43. The van der Waals surface area contributed by atoms with Gasteiger partial charge in [0.25, 0.3) is 0 Å². The number of hydrogen-bond acceptors (Lipinski definition) is 6. The number of hydrogen-bond donors (Lipinski definition) is 1. The van der Waals surface area contributed by atoms with E-state index in [-0.39, 0.29) is 18.4 Å². The number of carbonyl (C=O) groups is 1. The Morgan fingerprint density at radius 2 is 1.93 bits per heavy atom. The van der Waals surface area contributed by atoms with E-state index >= 15 is 0 Å². The smallest absolute Gasteiger partial charge is 0.241 e. The Hall–Kier alpha value is -2.52. The lowest BCUT2D eigenvalue weighted by molar-refractivity contribution is -0.136. The zero-order valence-corrected chi connectivity index (χ0v) is 15.8. The van der Waals surface area contributed by atoms with Gasteiger partial charge in [-0.1, -0.05) is 24.3 Å². The fourth-order valence-electron chi connectivity index (χ4n) is 3.78. The minimum atomic E-state index is -3.53. The summed E-state index contributed by atoms with van der Waals surface area (Å²) in [6.07, 6.45) is 3.85. The minimum Gasteiger partial charge on any atom is -0.368 e. The second-order valence-electron chi connectivity index (χ2n) is 7.01. The molecule has 2 aliphatic rings. The molecule has 9 heteroatoms. The highest BCUT2D eigenvalue weighted by atomic mass is 32.2. The van der Waals surface area contributed by atoms with Crippen molar-refractivity contribution in [1.29, 1.82) is 0 Å². The molecule has 0 radical (unpaired) electrons. The molecule has 1 amide bonds. The van der Waals surface area contributed by atoms with Gasteiger partial charge < -0.3 is 10.6 Å². The van der Waals surface area contributed by atoms with Gasteiger partial charge in [-0.05, 0) is 29.5 Å². The third-order valence-electron chi connectivity index (χ3n) is 5.19. The van der Waals surface area contributed by atoms with E-state index in [0.717, 1.165) is 28.6 Å². The van der Waals surface area contributed by atoms with Crippen LogP contribution >= 0.6 is 0 Å². The number of nitrogens with two attached hydrogens (primary N) is 1. The number of anilines is 1. The van der Waals surface area contributed by atoms with Gasteiger partial charge in [-0.2, -0.15) is 4.31 Å². The molecule has 0 saturated heterocycles. The van der Waals surface area contributed by atoms with E-state index in [9.17, 15) is 13.2 Å². The minimum absolute atomic E-state index is 0.174. The van der Waals surface area contributed by atoms with E-state index in [1.165, 1.54) is 4.31 Å². The first kappa shape index (κ1) is 17.9. The fourth-order valence-corrected chi connectivity index (χ4v) is 4.78. The van der Waals surface area contributed by atoms with Gasteiger partial charge in [0.2, 0.25) is 21.9 Å². The normalized spacial score (nSPS) is 20.0. The monoisotopic (exact) mass is 387 g/mol. The summed E-state index contributed by atoms with van der Waals surface area (Å²) < 4.78 is 26.0. The van der Waals surface area contributed by atoms with Crippen LogP contribution in [0.1, 0.15) is 22.4 Å². The van der Waals surface area contributed by atoms with Crippen molar-refractivity contribution in [1.82, 2.24) is 19.2 Å². The number of carbonyl (C=O) groups excluding carboxylic acids is 1. The molecule has 0 spiro atoms. The van der Waals surface area contributed by atoms with Crippen molar-refractivity contribution in [3.63, 3.8) is 0 Å². The molecule has 142 valence electrons. The van der Waals surface area contributed by atoms with Gasteiger partial charge in [0, 0.05) is 19.3 Å². The quantitative estimate of drug-likeness (QED) is 0.795. The van der Waals surface area contributed by atoms with Gasteiger partial charge in [-0.15, -0.1) is 0 Å². The Balaban J connectivity index is 1.64. The maximum atomic E-state index is 13.3. The summed E-state index contributed by atoms with van der Waals surface area (Å²) in [5, 5.41) is 0. The molecule has 27 heavy (non-hydrogen) atoms. The van der Waals surface area contributed by atoms with Crippen molar-refractivity contribution in [3.05, 3.63) is 52.8 Å². The summed E-state index contributed by atoms with van der Waals surface area (Å²) in [7, 11) is -3.53. The number of aromatic nitrogens is 2. The van der Waals surface area contributed by atoms with Crippen LogP contribution in [0.4, 0.5) is 5.95 Å². The number of fused-ring (bicyclic) bond motifs is 2. The SMILES string of the molecule is CS(=O)(=O)N1Cc2ccccc2CC1C(=O)N1CCc2cnc(N)nc2C1. The van der Waals surface area contributed by atoms with Gasteiger partial charge >= 0.3 is 0 Å². The highest BCUT2D eigenvalue weighted by Gasteiger charge is 2.39. The lowest BCUT2D eigenvalue weighted by Crippen LogP contribution is -2.54. The molecule has 0 saturated carbocycles. The first-order chi connectivity index (χ1) is 12.8. The summed E-state index contributed by atoms with van der Waals surface area (Å²) in [5.41, 5.74) is 9.32. The maximum absolute atomic E-state index is 13.3. The Kier molecular flexibility index (Phi) is 4.35. The number of amides is 1. The lowest BCUT2D eigenvalue weighted by Gasteiger charge is -2.38. The molecule has 2 aromatic rings. The van der Waals surface area contributed by atoms with Crippen molar-refractivity contribution in [2.24, 2.45) is 0 Å². The second kappa shape index (κ2) is 6.58. The Bertz CT molecular complexity index is 1010. The van der Waals surface area contributed by atoms with Crippen molar-refractivity contribution < 1.29 is 13.2 Å². The zero-order chi connectivity index (χ0) is 19.2. The lowest BCUT2D eigenvalue weighted by atomic mass is 9.94. The van der Waals surface area contributed by atoms with Gasteiger partial charge in [-0.25, -0.2) is 18.4 Å². The number of nitrogens with zero attached hydrogens (tertiary/aromatic N) is 4. The number of nitrogen functional groups attached to an aromatic ring is 1. The highest BCUT2D eigenvalue weighted by molar-refractivity contribution is 7.88. The van der Waals surface area contributed by atoms with Crippen LogP contribution in [-0.2, 0) is 40.7 Å². The summed E-state index contributed by atoms with van der Waals surface area (Å²) in [4.78, 5) is 23.2. The van der Waals surface area contributed by atoms with Crippen LogP contribution in [0.3, 0.4) is 0 Å². The molecule has 1 atom stereocenters. The van der Waals surface area contributed by atoms with Crippen LogP contribution in [0, 0.1) is 0 Å². The molecular weight excluding hydrogens is 366 g/mol. The molecule has 1 aromatic carbocycles. The number of benzene rings is 1. The largest absolute Gasteiger partial charge is 0.368 e. The van der Waals surface area contributed by atoms with Crippen LogP contribution < -0.4 is 5.73 Å².